The Balaban J connectivity index is 0.732. The standard InChI is InChI=1S/C46H47N7O6/c54-32-7-9-34-29(20-32)6-8-33(28-4-2-1-3-5-28)42(34)37-23-48-39(24-47-37)51-16-12-46(13-17-51)14-18-52(19-15-46)41(56)27-50-25-30-21-35-36(22-31(30)26-50)45(59)53(44(35)58)38-10-11-40(55)49-43(38)57/h1-5,7,9,20-24,33,38,42,54H,6,8,10-19,25-27H2,(H,49,55,57)/t33-,38?,42+/m0/s1. The number of aromatic hydroxyl groups is 1. The van der Waals surface area contributed by atoms with Gasteiger partial charge in [0.15, 0.2) is 0 Å². The van der Waals surface area contributed by atoms with Crippen molar-refractivity contribution >= 4 is 35.4 Å². The molecule has 0 saturated carbocycles. The van der Waals surface area contributed by atoms with E-state index < -0.39 is 29.7 Å². The molecule has 3 saturated heterocycles. The molecule has 0 radical (unpaired) electrons. The number of piperidine rings is 3. The van der Waals surface area contributed by atoms with Crippen LogP contribution in [0.2, 0.25) is 0 Å². The minimum Gasteiger partial charge on any atom is -0.508 e. The van der Waals surface area contributed by atoms with Gasteiger partial charge < -0.3 is 14.9 Å². The summed E-state index contributed by atoms with van der Waals surface area (Å²) < 4.78 is 0. The largest absolute Gasteiger partial charge is 0.508 e. The van der Waals surface area contributed by atoms with Gasteiger partial charge in [0.2, 0.25) is 17.7 Å². The molecule has 3 aromatic carbocycles. The molecule has 5 amide bonds. The van der Waals surface area contributed by atoms with E-state index in [0.717, 1.165) is 92.2 Å². The summed E-state index contributed by atoms with van der Waals surface area (Å²) in [6.07, 6.45) is 9.98. The van der Waals surface area contributed by atoms with E-state index in [1.54, 1.807) is 18.2 Å². The first-order valence-electron chi connectivity index (χ1n) is 20.9. The lowest BCUT2D eigenvalue weighted by Gasteiger charge is -2.47. The van der Waals surface area contributed by atoms with Crippen molar-refractivity contribution in [2.75, 3.05) is 37.6 Å². The summed E-state index contributed by atoms with van der Waals surface area (Å²) in [6.45, 7) is 4.50. The Bertz CT molecular complexity index is 2320. The minimum atomic E-state index is -0.995. The first kappa shape index (κ1) is 37.3. The fourth-order valence-corrected chi connectivity index (χ4v) is 10.7. The minimum absolute atomic E-state index is 0.0543. The molecule has 2 N–H and O–H groups in total. The number of rotatable bonds is 6. The van der Waals surface area contributed by atoms with Crippen LogP contribution in [0.5, 0.6) is 5.75 Å². The number of benzene rings is 3. The van der Waals surface area contributed by atoms with Gasteiger partial charge in [0, 0.05) is 51.6 Å². The number of anilines is 1. The van der Waals surface area contributed by atoms with Gasteiger partial charge in [0.1, 0.15) is 17.6 Å². The second kappa shape index (κ2) is 14.7. The van der Waals surface area contributed by atoms with E-state index in [1.165, 1.54) is 16.7 Å². The van der Waals surface area contributed by atoms with Crippen molar-refractivity contribution in [3.05, 3.63) is 118 Å². The summed E-state index contributed by atoms with van der Waals surface area (Å²) in [5, 5.41) is 12.4. The number of hydrogen-bond donors (Lipinski definition) is 2. The van der Waals surface area contributed by atoms with E-state index in [1.807, 2.05) is 23.4 Å². The Hall–Kier alpha value is -5.95. The molecule has 0 bridgehead atoms. The van der Waals surface area contributed by atoms with Crippen LogP contribution in [0, 0.1) is 5.41 Å². The van der Waals surface area contributed by atoms with Gasteiger partial charge in [0.05, 0.1) is 35.8 Å². The van der Waals surface area contributed by atoms with Crippen molar-refractivity contribution in [3.8, 4) is 5.75 Å². The maximum atomic E-state index is 13.6. The Morgan fingerprint density at radius 2 is 1.47 bits per heavy atom. The van der Waals surface area contributed by atoms with Crippen molar-refractivity contribution in [1.29, 1.82) is 0 Å². The normalized spacial score (nSPS) is 23.9. The number of carbonyl (C=O) groups is 5. The highest BCUT2D eigenvalue weighted by molar-refractivity contribution is 6.23. The van der Waals surface area contributed by atoms with Gasteiger partial charge in [-0.05, 0) is 108 Å². The first-order valence-corrected chi connectivity index (χ1v) is 20.9. The molecule has 3 atom stereocenters. The lowest BCUT2D eigenvalue weighted by atomic mass is 9.70. The first-order chi connectivity index (χ1) is 28.6. The number of carbonyl (C=O) groups excluding carboxylic acids is 5. The van der Waals surface area contributed by atoms with Crippen LogP contribution in [0.15, 0.2) is 73.1 Å². The summed E-state index contributed by atoms with van der Waals surface area (Å²) in [5.74, 6) is -0.450. The number of amides is 5. The van der Waals surface area contributed by atoms with Gasteiger partial charge in [-0.1, -0.05) is 36.4 Å². The topological polar surface area (TPSA) is 156 Å². The highest BCUT2D eigenvalue weighted by Gasteiger charge is 2.46. The Kier molecular flexibility index (Phi) is 9.30. The predicted molar refractivity (Wildman–Crippen MR) is 216 cm³/mol. The van der Waals surface area contributed by atoms with Crippen molar-refractivity contribution in [2.24, 2.45) is 5.41 Å². The smallest absolute Gasteiger partial charge is 0.262 e. The molecule has 5 aliphatic heterocycles. The number of nitrogens with one attached hydrogen (secondary N) is 1. The van der Waals surface area contributed by atoms with Crippen molar-refractivity contribution < 1.29 is 29.1 Å². The number of aromatic nitrogens is 2. The van der Waals surface area contributed by atoms with Crippen molar-refractivity contribution in [3.63, 3.8) is 0 Å². The maximum Gasteiger partial charge on any atom is 0.262 e. The third kappa shape index (κ3) is 6.74. The zero-order chi connectivity index (χ0) is 40.4. The quantitative estimate of drug-likeness (QED) is 0.263. The highest BCUT2D eigenvalue weighted by Crippen LogP contribution is 2.47. The summed E-state index contributed by atoms with van der Waals surface area (Å²) in [6, 6.07) is 18.8. The van der Waals surface area contributed by atoms with Gasteiger partial charge in [0.25, 0.3) is 11.8 Å². The second-order valence-corrected chi connectivity index (χ2v) is 17.3. The molecule has 4 aromatic rings. The van der Waals surface area contributed by atoms with Crippen molar-refractivity contribution in [1.82, 2.24) is 30.0 Å². The Morgan fingerprint density at radius 3 is 2.14 bits per heavy atom. The van der Waals surface area contributed by atoms with Crippen LogP contribution in [0.1, 0.15) is 111 Å². The summed E-state index contributed by atoms with van der Waals surface area (Å²) in [4.78, 5) is 81.7. The molecule has 1 aromatic heterocycles. The third-order valence-corrected chi connectivity index (χ3v) is 14.0. The number of hydrogen-bond acceptors (Lipinski definition) is 10. The highest BCUT2D eigenvalue weighted by atomic mass is 16.3. The van der Waals surface area contributed by atoms with Crippen LogP contribution in [0.4, 0.5) is 5.82 Å². The summed E-state index contributed by atoms with van der Waals surface area (Å²) >= 11 is 0. The number of aryl methyl sites for hydroxylation is 1. The molecule has 6 aliphatic rings. The van der Waals surface area contributed by atoms with E-state index in [-0.39, 0.29) is 53.7 Å². The molecular formula is C46H47N7O6. The van der Waals surface area contributed by atoms with Crippen molar-refractivity contribution in [2.45, 2.75) is 82.3 Å². The third-order valence-electron chi connectivity index (χ3n) is 14.0. The molecule has 1 aliphatic carbocycles. The summed E-state index contributed by atoms with van der Waals surface area (Å²) in [7, 11) is 0. The molecule has 59 heavy (non-hydrogen) atoms. The van der Waals surface area contributed by atoms with E-state index in [4.69, 9.17) is 9.97 Å². The van der Waals surface area contributed by atoms with Crippen LogP contribution >= 0.6 is 0 Å². The predicted octanol–water partition coefficient (Wildman–Crippen LogP) is 4.67. The number of nitrogens with zero attached hydrogens (tertiary/aromatic N) is 6. The molecule has 13 nitrogen and oxygen atoms in total. The van der Waals surface area contributed by atoms with Gasteiger partial charge >= 0.3 is 0 Å². The van der Waals surface area contributed by atoms with Gasteiger partial charge in [-0.2, -0.15) is 0 Å². The molecular weight excluding hydrogens is 747 g/mol. The lowest BCUT2D eigenvalue weighted by molar-refractivity contribution is -0.137. The monoisotopic (exact) mass is 793 g/mol. The van der Waals surface area contributed by atoms with E-state index in [0.29, 0.717) is 18.8 Å². The maximum absolute atomic E-state index is 13.6. The molecule has 1 spiro atoms. The Morgan fingerprint density at radius 1 is 0.780 bits per heavy atom. The fourth-order valence-electron chi connectivity index (χ4n) is 10.7. The molecule has 302 valence electrons. The Labute approximate surface area is 342 Å². The molecule has 10 rings (SSSR count). The fraction of sp³-hybridized carbons (Fsp3) is 0.413. The molecule has 3 fully saturated rings. The average Bonchev–Trinajstić information content (AvgIpc) is 3.75. The van der Waals surface area contributed by atoms with Crippen LogP contribution in [-0.4, -0.2) is 98.1 Å². The zero-order valence-electron chi connectivity index (χ0n) is 32.9. The van der Waals surface area contributed by atoms with Crippen LogP contribution < -0.4 is 10.2 Å². The van der Waals surface area contributed by atoms with Gasteiger partial charge in [-0.15, -0.1) is 0 Å². The SMILES string of the molecule is O=C1CCC(N2C(=O)c3cc4c(cc3C2=O)CN(CC(=O)N2CCC3(CC2)CCN(c2cnc([C@H]5c6ccc(O)cc6CC[C@H]5c5ccccc5)cn2)CC3)C4)C(=O)N1. The van der Waals surface area contributed by atoms with Crippen LogP contribution in [-0.2, 0) is 33.9 Å². The number of phenolic OH excluding ortho intramolecular Hbond substituents is 1. The van der Waals surface area contributed by atoms with Crippen LogP contribution in [0.3, 0.4) is 0 Å². The number of fused-ring (bicyclic) bond motifs is 3. The van der Waals surface area contributed by atoms with Gasteiger partial charge in [-0.3, -0.25) is 44.1 Å². The molecule has 6 heterocycles. The second-order valence-electron chi connectivity index (χ2n) is 17.3. The van der Waals surface area contributed by atoms with Gasteiger partial charge in [-0.25, -0.2) is 4.98 Å². The van der Waals surface area contributed by atoms with E-state index in [2.05, 4.69) is 51.5 Å². The zero-order valence-corrected chi connectivity index (χ0v) is 32.9. The molecule has 13 heteroatoms. The lowest BCUT2D eigenvalue weighted by Crippen LogP contribution is -2.54. The summed E-state index contributed by atoms with van der Waals surface area (Å²) in [5.41, 5.74) is 7.18. The molecule has 1 unspecified atom stereocenters. The number of likely N-dealkylation sites (tertiary alicyclic amines) is 1. The van der Waals surface area contributed by atoms with Crippen LogP contribution in [0.25, 0.3) is 0 Å². The van der Waals surface area contributed by atoms with E-state index >= 15 is 0 Å². The number of phenols is 1. The van der Waals surface area contributed by atoms with E-state index in [9.17, 15) is 29.1 Å². The average molecular weight is 794 g/mol. The number of imide groups is 2.